The van der Waals surface area contributed by atoms with Crippen LogP contribution in [-0.4, -0.2) is 23.1 Å². The van der Waals surface area contributed by atoms with Crippen LogP contribution in [0, 0.1) is 0 Å². The number of aromatic nitrogens is 1. The number of amides is 1. The number of pyridine rings is 1. The summed E-state index contributed by atoms with van der Waals surface area (Å²) in [5.41, 5.74) is 7.32. The van der Waals surface area contributed by atoms with Crippen LogP contribution in [-0.2, 0) is 0 Å². The van der Waals surface area contributed by atoms with E-state index >= 15 is 0 Å². The molecule has 0 saturated carbocycles. The lowest BCUT2D eigenvalue weighted by atomic mass is 10.1. The Kier molecular flexibility index (Phi) is 4.62. The monoisotopic (exact) mass is 286 g/mol. The first kappa shape index (κ1) is 14.0. The van der Waals surface area contributed by atoms with Crippen molar-refractivity contribution in [2.24, 2.45) is 0 Å². The zero-order valence-corrected chi connectivity index (χ0v) is 11.7. The molecule has 1 aromatic carbocycles. The van der Waals surface area contributed by atoms with Crippen LogP contribution in [0.15, 0.2) is 48.7 Å². The quantitative estimate of drug-likeness (QED) is 0.576. The van der Waals surface area contributed by atoms with Crippen molar-refractivity contribution in [3.8, 4) is 11.1 Å². The Labute approximate surface area is 122 Å². The maximum Gasteiger partial charge on any atom is 0.288 e. The lowest BCUT2D eigenvalue weighted by Gasteiger charge is -2.09. The topological polar surface area (TPSA) is 66.0 Å². The van der Waals surface area contributed by atoms with Crippen molar-refractivity contribution < 1.29 is 4.79 Å². The van der Waals surface area contributed by atoms with Gasteiger partial charge in [0.2, 0.25) is 0 Å². The first-order chi connectivity index (χ1) is 9.70. The number of rotatable bonds is 2. The van der Waals surface area contributed by atoms with Gasteiger partial charge in [0.05, 0.1) is 0 Å². The number of nitrogens with zero attached hydrogens (tertiary/aromatic N) is 1. The molecule has 0 aliphatic carbocycles. The number of benzene rings is 1. The summed E-state index contributed by atoms with van der Waals surface area (Å²) < 4.78 is 0. The maximum atomic E-state index is 11.9. The molecule has 5 nitrogen and oxygen atoms in total. The second-order valence-electron chi connectivity index (χ2n) is 3.95. The highest BCUT2D eigenvalue weighted by atomic mass is 32.1. The molecular formula is C14H14N4OS. The van der Waals surface area contributed by atoms with Crippen LogP contribution in [0.2, 0.25) is 0 Å². The normalized spacial score (nSPS) is 9.65. The maximum absolute atomic E-state index is 11.9. The summed E-state index contributed by atoms with van der Waals surface area (Å²) in [6, 6.07) is 13.4. The van der Waals surface area contributed by atoms with E-state index in [1.165, 1.54) is 0 Å². The summed E-state index contributed by atoms with van der Waals surface area (Å²) in [5.74, 6) is -0.347. The molecule has 2 aromatic rings. The van der Waals surface area contributed by atoms with Crippen LogP contribution in [0.4, 0.5) is 0 Å². The van der Waals surface area contributed by atoms with Gasteiger partial charge in [-0.3, -0.25) is 20.6 Å². The predicted octanol–water partition coefficient (Wildman–Crippen LogP) is 1.49. The van der Waals surface area contributed by atoms with Crippen molar-refractivity contribution in [2.75, 3.05) is 7.05 Å². The molecule has 0 unspecified atom stereocenters. The number of carbonyl (C=O) groups is 1. The van der Waals surface area contributed by atoms with Gasteiger partial charge >= 0.3 is 0 Å². The fraction of sp³-hybridized carbons (Fsp3) is 0.0714. The number of nitrogens with one attached hydrogen (secondary N) is 3. The van der Waals surface area contributed by atoms with Crippen LogP contribution in [0.5, 0.6) is 0 Å². The third kappa shape index (κ3) is 3.52. The Balaban J connectivity index is 2.14. The predicted molar refractivity (Wildman–Crippen MR) is 81.9 cm³/mol. The van der Waals surface area contributed by atoms with Crippen molar-refractivity contribution >= 4 is 23.2 Å². The minimum absolute atomic E-state index is 0.317. The van der Waals surface area contributed by atoms with E-state index in [0.29, 0.717) is 10.8 Å². The average molecular weight is 286 g/mol. The van der Waals surface area contributed by atoms with Crippen molar-refractivity contribution in [1.29, 1.82) is 0 Å². The van der Waals surface area contributed by atoms with Crippen LogP contribution in [0.25, 0.3) is 11.1 Å². The minimum Gasteiger partial charge on any atom is -0.364 e. The zero-order valence-electron chi connectivity index (χ0n) is 10.9. The minimum atomic E-state index is -0.347. The summed E-state index contributed by atoms with van der Waals surface area (Å²) in [4.78, 5) is 16.0. The highest BCUT2D eigenvalue weighted by molar-refractivity contribution is 7.80. The van der Waals surface area contributed by atoms with Crippen LogP contribution in [0.3, 0.4) is 0 Å². The van der Waals surface area contributed by atoms with Crippen LogP contribution in [0.1, 0.15) is 10.5 Å². The zero-order chi connectivity index (χ0) is 14.4. The number of hydrogen-bond acceptors (Lipinski definition) is 3. The van der Waals surface area contributed by atoms with Crippen molar-refractivity contribution in [1.82, 2.24) is 21.2 Å². The second-order valence-corrected chi connectivity index (χ2v) is 4.36. The van der Waals surface area contributed by atoms with Gasteiger partial charge in [-0.15, -0.1) is 0 Å². The molecule has 0 bridgehead atoms. The number of carbonyl (C=O) groups excluding carboxylic acids is 1. The molecule has 0 saturated heterocycles. The molecule has 2 rings (SSSR count). The SMILES string of the molecule is CNC(=S)NNC(=O)c1cc(-c2ccccc2)ccn1. The highest BCUT2D eigenvalue weighted by Crippen LogP contribution is 2.18. The van der Waals surface area contributed by atoms with E-state index in [2.05, 4.69) is 21.2 Å². The number of hydrogen-bond donors (Lipinski definition) is 3. The molecule has 0 radical (unpaired) electrons. The van der Waals surface area contributed by atoms with E-state index in [-0.39, 0.29) is 5.91 Å². The molecule has 0 aliphatic heterocycles. The van der Waals surface area contributed by atoms with Gasteiger partial charge in [0.25, 0.3) is 5.91 Å². The third-order valence-corrected chi connectivity index (χ3v) is 2.92. The van der Waals surface area contributed by atoms with Gasteiger partial charge in [0.1, 0.15) is 5.69 Å². The molecule has 1 amide bonds. The molecule has 0 aliphatic rings. The van der Waals surface area contributed by atoms with Crippen molar-refractivity contribution in [3.63, 3.8) is 0 Å². The van der Waals surface area contributed by atoms with Gasteiger partial charge < -0.3 is 5.32 Å². The molecule has 0 atom stereocenters. The Bertz CT molecular complexity index is 616. The standard InChI is InChI=1S/C14H14N4OS/c1-15-14(20)18-17-13(19)12-9-11(7-8-16-12)10-5-3-2-4-6-10/h2-9H,1H3,(H,17,19)(H2,15,18,20). The van der Waals surface area contributed by atoms with Gasteiger partial charge in [-0.2, -0.15) is 0 Å². The second kappa shape index (κ2) is 6.63. The van der Waals surface area contributed by atoms with Gasteiger partial charge in [-0.1, -0.05) is 30.3 Å². The first-order valence-electron chi connectivity index (χ1n) is 6.00. The fourth-order valence-corrected chi connectivity index (χ4v) is 1.66. The summed E-state index contributed by atoms with van der Waals surface area (Å²) >= 11 is 4.87. The van der Waals surface area contributed by atoms with Crippen molar-refractivity contribution in [2.45, 2.75) is 0 Å². The van der Waals surface area contributed by atoms with E-state index in [9.17, 15) is 4.79 Å². The third-order valence-electron chi connectivity index (χ3n) is 2.62. The number of hydrazine groups is 1. The summed E-state index contributed by atoms with van der Waals surface area (Å²) in [6.07, 6.45) is 1.60. The van der Waals surface area contributed by atoms with E-state index in [1.807, 2.05) is 36.4 Å². The largest absolute Gasteiger partial charge is 0.364 e. The summed E-state index contributed by atoms with van der Waals surface area (Å²) in [7, 11) is 1.66. The first-order valence-corrected chi connectivity index (χ1v) is 6.41. The molecule has 1 heterocycles. The fourth-order valence-electron chi connectivity index (χ4n) is 1.60. The van der Waals surface area contributed by atoms with Gasteiger partial charge in [0.15, 0.2) is 5.11 Å². The Morgan fingerprint density at radius 1 is 1.10 bits per heavy atom. The Morgan fingerprint density at radius 2 is 1.85 bits per heavy atom. The molecule has 0 fully saturated rings. The molecule has 3 N–H and O–H groups in total. The molecular weight excluding hydrogens is 272 g/mol. The molecule has 20 heavy (non-hydrogen) atoms. The summed E-state index contributed by atoms with van der Waals surface area (Å²) in [6.45, 7) is 0. The molecule has 1 aromatic heterocycles. The van der Waals surface area contributed by atoms with Crippen LogP contribution < -0.4 is 16.2 Å². The van der Waals surface area contributed by atoms with Crippen molar-refractivity contribution in [3.05, 3.63) is 54.4 Å². The Morgan fingerprint density at radius 3 is 2.55 bits per heavy atom. The van der Waals surface area contributed by atoms with Gasteiger partial charge in [-0.25, -0.2) is 0 Å². The smallest absolute Gasteiger partial charge is 0.288 e. The highest BCUT2D eigenvalue weighted by Gasteiger charge is 2.08. The van der Waals surface area contributed by atoms with E-state index in [1.54, 1.807) is 19.3 Å². The molecule has 6 heteroatoms. The molecule has 0 spiro atoms. The lowest BCUT2D eigenvalue weighted by molar-refractivity contribution is 0.0939. The lowest BCUT2D eigenvalue weighted by Crippen LogP contribution is -2.45. The van der Waals surface area contributed by atoms with E-state index < -0.39 is 0 Å². The van der Waals surface area contributed by atoms with Gasteiger partial charge in [0, 0.05) is 13.2 Å². The molecule has 102 valence electrons. The van der Waals surface area contributed by atoms with E-state index in [4.69, 9.17) is 12.2 Å². The number of thiocarbonyl (C=S) groups is 1. The van der Waals surface area contributed by atoms with E-state index in [0.717, 1.165) is 11.1 Å². The Hall–Kier alpha value is -2.47. The summed E-state index contributed by atoms with van der Waals surface area (Å²) in [5, 5.41) is 3.03. The van der Waals surface area contributed by atoms with Gasteiger partial charge in [-0.05, 0) is 35.5 Å². The van der Waals surface area contributed by atoms with Crippen LogP contribution >= 0.6 is 12.2 Å². The average Bonchev–Trinajstić information content (AvgIpc) is 2.53.